The predicted octanol–water partition coefficient (Wildman–Crippen LogP) is 1.81. The average Bonchev–Trinajstić information content (AvgIpc) is 2.95. The van der Waals surface area contributed by atoms with Crippen LogP contribution >= 0.6 is 11.3 Å². The van der Waals surface area contributed by atoms with Crippen LogP contribution in [0.4, 0.5) is 0 Å². The van der Waals surface area contributed by atoms with Gasteiger partial charge in [0, 0.05) is 18.8 Å². The van der Waals surface area contributed by atoms with Crippen molar-refractivity contribution in [1.29, 1.82) is 0 Å². The Balaban J connectivity index is 1.70. The standard InChI is InChI=1S/C17H17N5O2S/c1-11-16(25-12(2)20-11)13-6-7-15(23)22(21-13)10-9-19-17(24)14-5-3-4-8-18-14/h3-8H,9-10H2,1-2H3,(H,19,24). The summed E-state index contributed by atoms with van der Waals surface area (Å²) in [6, 6.07) is 8.31. The lowest BCUT2D eigenvalue weighted by atomic mass is 10.3. The van der Waals surface area contributed by atoms with Crippen LogP contribution in [-0.2, 0) is 6.54 Å². The summed E-state index contributed by atoms with van der Waals surface area (Å²) in [5, 5.41) is 8.09. The third kappa shape index (κ3) is 3.97. The topological polar surface area (TPSA) is 89.8 Å². The summed E-state index contributed by atoms with van der Waals surface area (Å²) >= 11 is 1.54. The van der Waals surface area contributed by atoms with Crippen LogP contribution in [0, 0.1) is 13.8 Å². The van der Waals surface area contributed by atoms with E-state index in [9.17, 15) is 9.59 Å². The van der Waals surface area contributed by atoms with Crippen LogP contribution in [0.3, 0.4) is 0 Å². The van der Waals surface area contributed by atoms with Gasteiger partial charge >= 0.3 is 0 Å². The molecule has 3 heterocycles. The Labute approximate surface area is 148 Å². The Morgan fingerprint density at radius 1 is 1.24 bits per heavy atom. The summed E-state index contributed by atoms with van der Waals surface area (Å²) in [5.41, 5.74) is 1.73. The van der Waals surface area contributed by atoms with Crippen molar-refractivity contribution in [3.05, 3.63) is 63.3 Å². The number of carbonyl (C=O) groups is 1. The van der Waals surface area contributed by atoms with Crippen molar-refractivity contribution in [1.82, 2.24) is 25.1 Å². The minimum atomic E-state index is -0.279. The van der Waals surface area contributed by atoms with E-state index < -0.39 is 0 Å². The molecule has 0 radical (unpaired) electrons. The molecular weight excluding hydrogens is 338 g/mol. The van der Waals surface area contributed by atoms with Crippen LogP contribution in [0.1, 0.15) is 21.2 Å². The second-order valence-electron chi connectivity index (χ2n) is 5.40. The second kappa shape index (κ2) is 7.35. The molecule has 1 N–H and O–H groups in total. The predicted molar refractivity (Wildman–Crippen MR) is 95.6 cm³/mol. The molecule has 0 aliphatic heterocycles. The monoisotopic (exact) mass is 355 g/mol. The molecule has 7 nitrogen and oxygen atoms in total. The molecule has 0 unspecified atom stereocenters. The molecule has 0 aliphatic rings. The number of nitrogens with one attached hydrogen (secondary N) is 1. The molecule has 0 aliphatic carbocycles. The molecular formula is C17H17N5O2S. The van der Waals surface area contributed by atoms with Crippen molar-refractivity contribution in [3.8, 4) is 10.6 Å². The number of aryl methyl sites for hydroxylation is 2. The van der Waals surface area contributed by atoms with Crippen LogP contribution in [0.5, 0.6) is 0 Å². The average molecular weight is 355 g/mol. The van der Waals surface area contributed by atoms with E-state index in [0.29, 0.717) is 11.4 Å². The van der Waals surface area contributed by atoms with Crippen LogP contribution in [0.2, 0.25) is 0 Å². The van der Waals surface area contributed by atoms with Gasteiger partial charge in [0.15, 0.2) is 0 Å². The van der Waals surface area contributed by atoms with Crippen molar-refractivity contribution in [2.75, 3.05) is 6.54 Å². The van der Waals surface area contributed by atoms with E-state index in [-0.39, 0.29) is 24.6 Å². The lowest BCUT2D eigenvalue weighted by Crippen LogP contribution is -2.32. The van der Waals surface area contributed by atoms with Gasteiger partial charge in [-0.1, -0.05) is 6.07 Å². The van der Waals surface area contributed by atoms with Gasteiger partial charge in [0.05, 0.1) is 22.1 Å². The molecule has 0 atom stereocenters. The Bertz CT molecular complexity index is 949. The van der Waals surface area contributed by atoms with Crippen molar-refractivity contribution in [2.24, 2.45) is 0 Å². The zero-order chi connectivity index (χ0) is 17.8. The number of hydrogen-bond acceptors (Lipinski definition) is 6. The van der Waals surface area contributed by atoms with Gasteiger partial charge in [-0.25, -0.2) is 9.67 Å². The SMILES string of the molecule is Cc1nc(C)c(-c2ccc(=O)n(CCNC(=O)c3ccccn3)n2)s1. The molecule has 3 rings (SSSR count). The number of aromatic nitrogens is 4. The van der Waals surface area contributed by atoms with E-state index in [2.05, 4.69) is 20.4 Å². The molecule has 1 amide bonds. The molecule has 0 saturated heterocycles. The number of pyridine rings is 1. The molecule has 0 spiro atoms. The van der Waals surface area contributed by atoms with Gasteiger partial charge in [0.25, 0.3) is 11.5 Å². The molecule has 3 aromatic heterocycles. The molecule has 25 heavy (non-hydrogen) atoms. The van der Waals surface area contributed by atoms with Crippen LogP contribution in [0.25, 0.3) is 10.6 Å². The fourth-order valence-electron chi connectivity index (χ4n) is 2.36. The highest BCUT2D eigenvalue weighted by Gasteiger charge is 2.11. The fraction of sp³-hybridized carbons (Fsp3) is 0.235. The second-order valence-corrected chi connectivity index (χ2v) is 6.60. The quantitative estimate of drug-likeness (QED) is 0.754. The van der Waals surface area contributed by atoms with Gasteiger partial charge in [-0.05, 0) is 32.0 Å². The Morgan fingerprint density at radius 3 is 2.76 bits per heavy atom. The summed E-state index contributed by atoms with van der Waals surface area (Å²) in [6.07, 6.45) is 1.56. The maximum Gasteiger partial charge on any atom is 0.269 e. The normalized spacial score (nSPS) is 10.6. The summed E-state index contributed by atoms with van der Waals surface area (Å²) in [4.78, 5) is 33.3. The summed E-state index contributed by atoms with van der Waals surface area (Å²) in [6.45, 7) is 4.42. The summed E-state index contributed by atoms with van der Waals surface area (Å²) in [7, 11) is 0. The van der Waals surface area contributed by atoms with Crippen molar-refractivity contribution >= 4 is 17.2 Å². The zero-order valence-corrected chi connectivity index (χ0v) is 14.7. The van der Waals surface area contributed by atoms with E-state index in [0.717, 1.165) is 15.6 Å². The first kappa shape index (κ1) is 17.0. The molecule has 0 saturated carbocycles. The van der Waals surface area contributed by atoms with Crippen LogP contribution in [-0.4, -0.2) is 32.2 Å². The van der Waals surface area contributed by atoms with E-state index in [1.54, 1.807) is 41.8 Å². The largest absolute Gasteiger partial charge is 0.349 e. The van der Waals surface area contributed by atoms with Gasteiger partial charge < -0.3 is 5.32 Å². The first-order valence-corrected chi connectivity index (χ1v) is 8.58. The Kier molecular flexibility index (Phi) is 4.99. The summed E-state index contributed by atoms with van der Waals surface area (Å²) in [5.74, 6) is -0.279. The molecule has 3 aromatic rings. The van der Waals surface area contributed by atoms with Crippen molar-refractivity contribution in [3.63, 3.8) is 0 Å². The smallest absolute Gasteiger partial charge is 0.269 e. The third-order valence-electron chi connectivity index (χ3n) is 3.51. The van der Waals surface area contributed by atoms with Gasteiger partial charge in [-0.3, -0.25) is 14.6 Å². The number of thiazole rings is 1. The first-order valence-electron chi connectivity index (χ1n) is 7.76. The highest BCUT2D eigenvalue weighted by atomic mass is 32.1. The highest BCUT2D eigenvalue weighted by molar-refractivity contribution is 7.15. The number of hydrogen-bond donors (Lipinski definition) is 1. The maximum atomic E-state index is 12.0. The third-order valence-corrected chi connectivity index (χ3v) is 4.60. The van der Waals surface area contributed by atoms with Gasteiger partial charge in [0.1, 0.15) is 11.4 Å². The Morgan fingerprint density at radius 2 is 2.08 bits per heavy atom. The zero-order valence-electron chi connectivity index (χ0n) is 13.9. The van der Waals surface area contributed by atoms with Crippen LogP contribution < -0.4 is 10.9 Å². The van der Waals surface area contributed by atoms with Gasteiger partial charge in [0.2, 0.25) is 0 Å². The number of nitrogens with zero attached hydrogens (tertiary/aromatic N) is 4. The maximum absolute atomic E-state index is 12.0. The van der Waals surface area contributed by atoms with Crippen LogP contribution in [0.15, 0.2) is 41.3 Å². The summed E-state index contributed by atoms with van der Waals surface area (Å²) < 4.78 is 1.35. The number of carbonyl (C=O) groups excluding carboxylic acids is 1. The lowest BCUT2D eigenvalue weighted by molar-refractivity contribution is 0.0947. The lowest BCUT2D eigenvalue weighted by Gasteiger charge is -2.08. The first-order chi connectivity index (χ1) is 12.0. The highest BCUT2D eigenvalue weighted by Crippen LogP contribution is 2.27. The fourth-order valence-corrected chi connectivity index (χ4v) is 3.25. The molecule has 128 valence electrons. The molecule has 0 bridgehead atoms. The minimum Gasteiger partial charge on any atom is -0.349 e. The van der Waals surface area contributed by atoms with Crippen molar-refractivity contribution < 1.29 is 4.79 Å². The van der Waals surface area contributed by atoms with E-state index in [1.807, 2.05) is 13.8 Å². The van der Waals surface area contributed by atoms with E-state index in [4.69, 9.17) is 0 Å². The van der Waals surface area contributed by atoms with Gasteiger partial charge in [-0.15, -0.1) is 11.3 Å². The molecule has 0 fully saturated rings. The molecule has 0 aromatic carbocycles. The molecule has 8 heteroatoms. The number of rotatable bonds is 5. The minimum absolute atomic E-state index is 0.213. The number of amides is 1. The van der Waals surface area contributed by atoms with Gasteiger partial charge in [-0.2, -0.15) is 5.10 Å². The van der Waals surface area contributed by atoms with E-state index >= 15 is 0 Å². The van der Waals surface area contributed by atoms with Crippen molar-refractivity contribution in [2.45, 2.75) is 20.4 Å². The van der Waals surface area contributed by atoms with E-state index in [1.165, 1.54) is 10.7 Å². The Hall–Kier alpha value is -2.87.